The Bertz CT molecular complexity index is 930. The first-order chi connectivity index (χ1) is 15.1. The van der Waals surface area contributed by atoms with Crippen LogP contribution in [0, 0.1) is 5.92 Å². The van der Waals surface area contributed by atoms with Gasteiger partial charge in [0.15, 0.2) is 0 Å². The molecule has 0 spiro atoms. The van der Waals surface area contributed by atoms with E-state index in [1.165, 1.54) is 37.5 Å². The molecule has 2 N–H and O–H groups in total. The molecule has 0 radical (unpaired) electrons. The van der Waals surface area contributed by atoms with Crippen molar-refractivity contribution in [2.24, 2.45) is 11.7 Å². The van der Waals surface area contributed by atoms with Gasteiger partial charge >= 0.3 is 11.9 Å². The number of benzene rings is 1. The number of imidazole rings is 1. The van der Waals surface area contributed by atoms with Crippen molar-refractivity contribution < 1.29 is 19.1 Å². The van der Waals surface area contributed by atoms with Crippen LogP contribution in [-0.4, -0.2) is 40.7 Å². The van der Waals surface area contributed by atoms with Crippen LogP contribution < -0.4 is 5.73 Å². The van der Waals surface area contributed by atoms with Gasteiger partial charge in [-0.3, -0.25) is 9.59 Å². The van der Waals surface area contributed by atoms with Crippen LogP contribution in [-0.2, 0) is 19.1 Å². The summed E-state index contributed by atoms with van der Waals surface area (Å²) in [5.74, 6) is -0.453. The Hall–Kier alpha value is -2.09. The largest absolute Gasteiger partial charge is 0.468 e. The smallest absolute Gasteiger partial charge is 0.322 e. The molecule has 2 heterocycles. The highest BCUT2D eigenvalue weighted by Crippen LogP contribution is 2.43. The Labute approximate surface area is 207 Å². The second kappa shape index (κ2) is 12.4. The zero-order valence-corrected chi connectivity index (χ0v) is 20.5. The Balaban J connectivity index is 0.00000193. The predicted octanol–water partition coefficient (Wildman–Crippen LogP) is 4.46. The summed E-state index contributed by atoms with van der Waals surface area (Å²) in [4.78, 5) is 28.5. The average molecular weight is 498 g/mol. The summed E-state index contributed by atoms with van der Waals surface area (Å²) in [5.41, 5.74) is 9.34. The minimum Gasteiger partial charge on any atom is -0.468 e. The molecule has 1 saturated carbocycles. The third kappa shape index (κ3) is 6.08. The van der Waals surface area contributed by atoms with Gasteiger partial charge in [-0.2, -0.15) is 0 Å². The first kappa shape index (κ1) is 27.2. The topological polar surface area (TPSA) is 96.4 Å². The lowest BCUT2D eigenvalue weighted by molar-refractivity contribution is -0.154. The highest BCUT2D eigenvalue weighted by Gasteiger charge is 2.35. The first-order valence-electron chi connectivity index (χ1n) is 11.2. The monoisotopic (exact) mass is 497 g/mol. The van der Waals surface area contributed by atoms with E-state index in [2.05, 4.69) is 32.5 Å². The van der Waals surface area contributed by atoms with Crippen LogP contribution in [0.1, 0.15) is 63.0 Å². The van der Waals surface area contributed by atoms with Gasteiger partial charge in [-0.1, -0.05) is 43.5 Å². The third-order valence-electron chi connectivity index (χ3n) is 6.67. The van der Waals surface area contributed by atoms with Crippen molar-refractivity contribution in [1.29, 1.82) is 0 Å². The fourth-order valence-electron chi connectivity index (χ4n) is 5.01. The number of aromatic nitrogens is 2. The van der Waals surface area contributed by atoms with Crippen molar-refractivity contribution >= 4 is 36.8 Å². The molecule has 1 fully saturated rings. The highest BCUT2D eigenvalue weighted by molar-refractivity contribution is 5.85. The van der Waals surface area contributed by atoms with Crippen molar-refractivity contribution in [1.82, 2.24) is 9.55 Å². The number of hydrogen-bond donors (Lipinski definition) is 1. The number of carbonyl (C=O) groups excluding carboxylic acids is 2. The van der Waals surface area contributed by atoms with Crippen LogP contribution in [0.3, 0.4) is 0 Å². The number of hydrogen-bond acceptors (Lipinski definition) is 6. The maximum absolute atomic E-state index is 12.7. The van der Waals surface area contributed by atoms with Crippen molar-refractivity contribution in [3.63, 3.8) is 0 Å². The quantitative estimate of drug-likeness (QED) is 0.540. The van der Waals surface area contributed by atoms with E-state index >= 15 is 0 Å². The van der Waals surface area contributed by atoms with Gasteiger partial charge in [0, 0.05) is 18.4 Å². The van der Waals surface area contributed by atoms with Gasteiger partial charge in [-0.05, 0) is 30.7 Å². The summed E-state index contributed by atoms with van der Waals surface area (Å²) in [6.07, 6.45) is 10.4. The van der Waals surface area contributed by atoms with E-state index in [-0.39, 0.29) is 55.8 Å². The maximum atomic E-state index is 12.7. The van der Waals surface area contributed by atoms with Gasteiger partial charge in [0.05, 0.1) is 31.4 Å². The molecule has 7 nitrogen and oxygen atoms in total. The lowest BCUT2D eigenvalue weighted by Gasteiger charge is -2.32. The molecule has 0 amide bonds. The van der Waals surface area contributed by atoms with E-state index in [0.717, 1.165) is 25.0 Å². The molecule has 33 heavy (non-hydrogen) atoms. The highest BCUT2D eigenvalue weighted by atomic mass is 35.5. The molecular formula is C24H33Cl2N3O4. The van der Waals surface area contributed by atoms with Gasteiger partial charge in [-0.25, -0.2) is 4.98 Å². The van der Waals surface area contributed by atoms with E-state index in [1.54, 1.807) is 0 Å². The van der Waals surface area contributed by atoms with Crippen LogP contribution in [0.25, 0.3) is 11.3 Å². The maximum Gasteiger partial charge on any atom is 0.322 e. The summed E-state index contributed by atoms with van der Waals surface area (Å²) in [6, 6.07) is 7.68. The fourth-order valence-corrected chi connectivity index (χ4v) is 5.01. The second-order valence-electron chi connectivity index (χ2n) is 8.62. The van der Waals surface area contributed by atoms with Crippen LogP contribution in [0.15, 0.2) is 36.8 Å². The number of carbonyl (C=O) groups is 2. The zero-order valence-electron chi connectivity index (χ0n) is 18.9. The van der Waals surface area contributed by atoms with E-state index < -0.39 is 12.0 Å². The van der Waals surface area contributed by atoms with Crippen molar-refractivity contribution in [2.75, 3.05) is 7.11 Å². The Morgan fingerprint density at radius 2 is 1.91 bits per heavy atom. The van der Waals surface area contributed by atoms with Crippen molar-refractivity contribution in [3.8, 4) is 11.3 Å². The Morgan fingerprint density at radius 1 is 1.18 bits per heavy atom. The van der Waals surface area contributed by atoms with Gasteiger partial charge in [0.25, 0.3) is 0 Å². The van der Waals surface area contributed by atoms with E-state index in [4.69, 9.17) is 10.5 Å². The molecule has 1 aromatic carbocycles. The number of nitrogens with two attached hydrogens (primary N) is 1. The number of ether oxygens (including phenoxy) is 2. The molecule has 1 aliphatic carbocycles. The van der Waals surface area contributed by atoms with Crippen LogP contribution >= 0.6 is 24.8 Å². The minimum atomic E-state index is -0.805. The number of halogens is 2. The Kier molecular flexibility index (Phi) is 10.2. The number of nitrogens with zero attached hydrogens (tertiary/aromatic N) is 2. The molecule has 4 rings (SSSR count). The molecule has 2 aliphatic rings. The first-order valence-corrected chi connectivity index (χ1v) is 11.2. The van der Waals surface area contributed by atoms with E-state index in [9.17, 15) is 9.59 Å². The molecule has 0 saturated heterocycles. The minimum absolute atomic E-state index is 0. The lowest BCUT2D eigenvalue weighted by atomic mass is 9.82. The fraction of sp³-hybridized carbons (Fsp3) is 0.542. The second-order valence-corrected chi connectivity index (χ2v) is 8.62. The number of esters is 2. The van der Waals surface area contributed by atoms with Crippen molar-refractivity contribution in [2.45, 2.75) is 69.6 Å². The molecule has 0 bridgehead atoms. The number of fused-ring (bicyclic) bond motifs is 3. The SMILES string of the molecule is COC(=O)[C@@H](N)CCC(=O)OC(CC1c2ccccc2-c2cncn21)C1CCCCC1.Cl.Cl. The summed E-state index contributed by atoms with van der Waals surface area (Å²) < 4.78 is 12.9. The molecule has 2 unspecified atom stereocenters. The third-order valence-corrected chi connectivity index (χ3v) is 6.67. The van der Waals surface area contributed by atoms with Gasteiger partial charge in [-0.15, -0.1) is 24.8 Å². The molecule has 182 valence electrons. The predicted molar refractivity (Wildman–Crippen MR) is 131 cm³/mol. The molecule has 9 heteroatoms. The lowest BCUT2D eigenvalue weighted by Crippen LogP contribution is -2.34. The average Bonchev–Trinajstić information content (AvgIpc) is 3.39. The van der Waals surface area contributed by atoms with Gasteiger partial charge < -0.3 is 19.8 Å². The normalized spacial score (nSPS) is 18.7. The molecule has 3 atom stereocenters. The van der Waals surface area contributed by atoms with Crippen molar-refractivity contribution in [3.05, 3.63) is 42.4 Å². The summed E-state index contributed by atoms with van der Waals surface area (Å²) in [6.45, 7) is 0. The van der Waals surface area contributed by atoms with E-state index in [0.29, 0.717) is 5.92 Å². The zero-order chi connectivity index (χ0) is 21.8. The molecule has 2 aromatic rings. The summed E-state index contributed by atoms with van der Waals surface area (Å²) >= 11 is 0. The number of methoxy groups -OCH3 is 1. The van der Waals surface area contributed by atoms with Gasteiger partial charge in [0.2, 0.25) is 0 Å². The van der Waals surface area contributed by atoms with Crippen LogP contribution in [0.2, 0.25) is 0 Å². The molecule has 1 aromatic heterocycles. The van der Waals surface area contributed by atoms with Crippen LogP contribution in [0.5, 0.6) is 0 Å². The summed E-state index contributed by atoms with van der Waals surface area (Å²) in [5, 5.41) is 0. The summed E-state index contributed by atoms with van der Waals surface area (Å²) in [7, 11) is 1.30. The standard InChI is InChI=1S/C24H31N3O4.2ClH/c1-30-24(29)19(25)11-12-23(28)31-22(16-7-3-2-4-8-16)13-20-17-9-5-6-10-18(17)21-14-26-15-27(20)21;;/h5-6,9-10,14-16,19-20,22H,2-4,7-8,11-13,25H2,1H3;2*1H/t19-,20?,22?;;/m0../s1. The van der Waals surface area contributed by atoms with Crippen LogP contribution in [0.4, 0.5) is 0 Å². The van der Waals surface area contributed by atoms with E-state index in [1.807, 2.05) is 18.6 Å². The number of rotatable bonds is 8. The van der Waals surface area contributed by atoms with Gasteiger partial charge in [0.1, 0.15) is 12.1 Å². The molecule has 1 aliphatic heterocycles. The molecular weight excluding hydrogens is 465 g/mol. The Morgan fingerprint density at radius 3 is 2.64 bits per heavy atom.